The van der Waals surface area contributed by atoms with Crippen LogP contribution in [-0.4, -0.2) is 12.0 Å². The summed E-state index contributed by atoms with van der Waals surface area (Å²) in [5, 5.41) is 6.81. The number of fused-ring (bicyclic) bond motifs is 1. The Kier molecular flexibility index (Phi) is 4.18. The number of nitrogens with zero attached hydrogens (tertiary/aromatic N) is 1. The first-order valence-corrected chi connectivity index (χ1v) is 8.33. The second-order valence-electron chi connectivity index (χ2n) is 5.66. The molecule has 20 heavy (non-hydrogen) atoms. The summed E-state index contributed by atoms with van der Waals surface area (Å²) in [5.41, 5.74) is 4.32. The molecule has 1 heterocycles. The summed E-state index contributed by atoms with van der Waals surface area (Å²) < 4.78 is 0. The molecular formula is C17H22N2S. The second kappa shape index (κ2) is 6.06. The molecule has 1 aliphatic carbocycles. The third-order valence-electron chi connectivity index (χ3n) is 4.36. The summed E-state index contributed by atoms with van der Waals surface area (Å²) in [6.45, 7) is 2.08. The van der Waals surface area contributed by atoms with E-state index in [1.807, 2.05) is 7.05 Å². The summed E-state index contributed by atoms with van der Waals surface area (Å²) in [4.78, 5) is 4.66. The Hall–Kier alpha value is -1.19. The third kappa shape index (κ3) is 2.79. The quantitative estimate of drug-likeness (QED) is 0.910. The van der Waals surface area contributed by atoms with E-state index in [9.17, 15) is 0 Å². The van der Waals surface area contributed by atoms with Crippen molar-refractivity contribution in [3.8, 4) is 0 Å². The van der Waals surface area contributed by atoms with Gasteiger partial charge in [-0.25, -0.2) is 4.98 Å². The van der Waals surface area contributed by atoms with Gasteiger partial charge >= 0.3 is 0 Å². The molecule has 106 valence electrons. The lowest BCUT2D eigenvalue weighted by atomic mass is 9.79. The third-order valence-corrected chi connectivity index (χ3v) is 5.15. The number of rotatable bonds is 4. The lowest BCUT2D eigenvalue weighted by Crippen LogP contribution is -2.21. The van der Waals surface area contributed by atoms with Crippen LogP contribution in [0.5, 0.6) is 0 Å². The molecule has 2 atom stereocenters. The smallest absolute Gasteiger partial charge is 0.0898 e. The van der Waals surface area contributed by atoms with Gasteiger partial charge in [0.05, 0.1) is 16.7 Å². The summed E-state index contributed by atoms with van der Waals surface area (Å²) >= 11 is 1.74. The van der Waals surface area contributed by atoms with Gasteiger partial charge in [-0.1, -0.05) is 24.3 Å². The Balaban J connectivity index is 1.80. The fourth-order valence-electron chi connectivity index (χ4n) is 3.31. The molecule has 2 aromatic rings. The zero-order chi connectivity index (χ0) is 13.9. The zero-order valence-electron chi connectivity index (χ0n) is 12.2. The average Bonchev–Trinajstić information content (AvgIpc) is 2.91. The first-order chi connectivity index (χ1) is 9.78. The number of aromatic nitrogens is 1. The molecule has 2 nitrogen and oxygen atoms in total. The van der Waals surface area contributed by atoms with Crippen LogP contribution in [0.1, 0.15) is 53.1 Å². The summed E-state index contributed by atoms with van der Waals surface area (Å²) in [5.74, 6) is 0.666. The van der Waals surface area contributed by atoms with Crippen molar-refractivity contribution in [2.75, 3.05) is 7.05 Å². The Morgan fingerprint density at radius 3 is 3.00 bits per heavy atom. The van der Waals surface area contributed by atoms with Gasteiger partial charge in [0.25, 0.3) is 0 Å². The van der Waals surface area contributed by atoms with Gasteiger partial charge in [0.2, 0.25) is 0 Å². The molecular weight excluding hydrogens is 264 g/mol. The van der Waals surface area contributed by atoms with E-state index in [0.717, 1.165) is 11.4 Å². The maximum Gasteiger partial charge on any atom is 0.0898 e. The molecule has 1 aliphatic rings. The molecule has 3 heteroatoms. The van der Waals surface area contributed by atoms with Crippen molar-refractivity contribution in [2.45, 2.75) is 44.6 Å². The zero-order valence-corrected chi connectivity index (χ0v) is 13.0. The molecule has 1 N–H and O–H groups in total. The minimum absolute atomic E-state index is 0.371. The normalized spacial score (nSPS) is 19.6. The number of nitrogens with one attached hydrogen (secondary N) is 1. The number of hydrogen-bond donors (Lipinski definition) is 1. The molecule has 1 aromatic heterocycles. The molecule has 0 amide bonds. The van der Waals surface area contributed by atoms with E-state index in [1.54, 1.807) is 22.5 Å². The van der Waals surface area contributed by atoms with Crippen molar-refractivity contribution in [1.29, 1.82) is 0 Å². The fourth-order valence-corrected chi connectivity index (χ4v) is 3.98. The molecule has 0 radical (unpaired) electrons. The average molecular weight is 286 g/mol. The van der Waals surface area contributed by atoms with Gasteiger partial charge < -0.3 is 5.32 Å². The van der Waals surface area contributed by atoms with E-state index >= 15 is 0 Å². The van der Waals surface area contributed by atoms with Gasteiger partial charge in [0.1, 0.15) is 0 Å². The van der Waals surface area contributed by atoms with E-state index in [-0.39, 0.29) is 0 Å². The highest BCUT2D eigenvalue weighted by atomic mass is 32.1. The maximum absolute atomic E-state index is 4.66. The molecule has 0 saturated heterocycles. The number of hydrogen-bond acceptors (Lipinski definition) is 3. The van der Waals surface area contributed by atoms with Crippen LogP contribution in [0, 0.1) is 6.92 Å². The molecule has 0 fully saturated rings. The Labute approximate surface area is 125 Å². The standard InChI is InChI=1S/C17H22N2S/c1-12-19-17(11-20-12)16(18-2)10-14-8-5-7-13-6-3-4-9-15(13)14/h3-4,6,9,11,14,16,18H,5,7-8,10H2,1-2H3. The summed E-state index contributed by atoms with van der Waals surface area (Å²) in [6.07, 6.45) is 5.01. The van der Waals surface area contributed by atoms with Gasteiger partial charge in [-0.3, -0.25) is 0 Å². The second-order valence-corrected chi connectivity index (χ2v) is 6.72. The fraction of sp³-hybridized carbons (Fsp3) is 0.471. The molecule has 0 aliphatic heterocycles. The topological polar surface area (TPSA) is 24.9 Å². The summed E-state index contributed by atoms with van der Waals surface area (Å²) in [7, 11) is 2.05. The Morgan fingerprint density at radius 1 is 1.40 bits per heavy atom. The van der Waals surface area contributed by atoms with Gasteiger partial charge in [-0.15, -0.1) is 11.3 Å². The SMILES string of the molecule is CNC(CC1CCCc2ccccc21)c1csc(C)n1. The van der Waals surface area contributed by atoms with Crippen molar-refractivity contribution < 1.29 is 0 Å². The van der Waals surface area contributed by atoms with Crippen LogP contribution in [0.15, 0.2) is 29.6 Å². The molecule has 2 unspecified atom stereocenters. The van der Waals surface area contributed by atoms with Crippen molar-refractivity contribution in [3.63, 3.8) is 0 Å². The van der Waals surface area contributed by atoms with E-state index in [1.165, 1.54) is 25.0 Å². The summed E-state index contributed by atoms with van der Waals surface area (Å²) in [6, 6.07) is 9.33. The van der Waals surface area contributed by atoms with Gasteiger partial charge in [-0.05, 0) is 56.7 Å². The predicted molar refractivity (Wildman–Crippen MR) is 85.4 cm³/mol. The first kappa shape index (κ1) is 13.8. The van der Waals surface area contributed by atoms with Crippen LogP contribution in [0.2, 0.25) is 0 Å². The maximum atomic E-state index is 4.66. The van der Waals surface area contributed by atoms with E-state index < -0.39 is 0 Å². The number of thiazole rings is 1. The first-order valence-electron chi connectivity index (χ1n) is 7.45. The Morgan fingerprint density at radius 2 is 2.25 bits per heavy atom. The molecule has 0 bridgehead atoms. The van der Waals surface area contributed by atoms with E-state index in [2.05, 4.69) is 46.9 Å². The monoisotopic (exact) mass is 286 g/mol. The molecule has 1 aromatic carbocycles. The number of benzene rings is 1. The van der Waals surface area contributed by atoms with E-state index in [0.29, 0.717) is 12.0 Å². The van der Waals surface area contributed by atoms with Gasteiger partial charge in [0.15, 0.2) is 0 Å². The number of aryl methyl sites for hydroxylation is 2. The Bertz CT molecular complexity index is 576. The lowest BCUT2D eigenvalue weighted by molar-refractivity contribution is 0.434. The van der Waals surface area contributed by atoms with Gasteiger partial charge in [-0.2, -0.15) is 0 Å². The van der Waals surface area contributed by atoms with E-state index in [4.69, 9.17) is 0 Å². The van der Waals surface area contributed by atoms with Crippen molar-refractivity contribution in [3.05, 3.63) is 51.5 Å². The minimum atomic E-state index is 0.371. The van der Waals surface area contributed by atoms with Crippen LogP contribution < -0.4 is 5.32 Å². The van der Waals surface area contributed by atoms with Crippen LogP contribution in [0.25, 0.3) is 0 Å². The minimum Gasteiger partial charge on any atom is -0.312 e. The molecule has 0 saturated carbocycles. The van der Waals surface area contributed by atoms with Crippen molar-refractivity contribution >= 4 is 11.3 Å². The van der Waals surface area contributed by atoms with Crippen LogP contribution in [0.4, 0.5) is 0 Å². The lowest BCUT2D eigenvalue weighted by Gasteiger charge is -2.28. The molecule has 3 rings (SSSR count). The predicted octanol–water partition coefficient (Wildman–Crippen LogP) is 4.22. The highest BCUT2D eigenvalue weighted by Gasteiger charge is 2.24. The van der Waals surface area contributed by atoms with Crippen molar-refractivity contribution in [2.24, 2.45) is 0 Å². The van der Waals surface area contributed by atoms with Crippen LogP contribution in [0.3, 0.4) is 0 Å². The highest BCUT2D eigenvalue weighted by Crippen LogP contribution is 2.37. The van der Waals surface area contributed by atoms with Crippen LogP contribution in [-0.2, 0) is 6.42 Å². The van der Waals surface area contributed by atoms with Crippen molar-refractivity contribution in [1.82, 2.24) is 10.3 Å². The van der Waals surface area contributed by atoms with Crippen LogP contribution >= 0.6 is 11.3 Å². The highest BCUT2D eigenvalue weighted by molar-refractivity contribution is 7.09. The largest absolute Gasteiger partial charge is 0.312 e. The van der Waals surface area contributed by atoms with Gasteiger partial charge in [0, 0.05) is 5.38 Å². The molecule has 0 spiro atoms.